The standard InChI is InChI=1S/C14H19FN2O/c1-4-18-14-8-7-11(10-12(14)15)13(17(2)3)6-5-9-16/h7-8,10,13H,4-6H2,1-3H3. The van der Waals surface area contributed by atoms with Crippen LogP contribution < -0.4 is 4.74 Å². The molecule has 0 heterocycles. The summed E-state index contributed by atoms with van der Waals surface area (Å²) in [6, 6.07) is 7.17. The summed E-state index contributed by atoms with van der Waals surface area (Å²) in [5.41, 5.74) is 0.871. The Hall–Kier alpha value is -1.60. The molecule has 18 heavy (non-hydrogen) atoms. The van der Waals surface area contributed by atoms with Crippen molar-refractivity contribution in [3.63, 3.8) is 0 Å². The van der Waals surface area contributed by atoms with E-state index in [2.05, 4.69) is 6.07 Å². The molecular formula is C14H19FN2O. The van der Waals surface area contributed by atoms with E-state index in [1.807, 2.05) is 32.0 Å². The molecule has 0 aromatic heterocycles. The summed E-state index contributed by atoms with van der Waals surface area (Å²) in [5, 5.41) is 8.65. The molecule has 0 spiro atoms. The first-order valence-corrected chi connectivity index (χ1v) is 6.05. The first kappa shape index (κ1) is 14.5. The van der Waals surface area contributed by atoms with Crippen LogP contribution in [0, 0.1) is 17.1 Å². The molecule has 98 valence electrons. The molecule has 3 nitrogen and oxygen atoms in total. The number of benzene rings is 1. The SMILES string of the molecule is CCOc1ccc(C(CCC#N)N(C)C)cc1F. The van der Waals surface area contributed by atoms with Crippen LogP contribution in [-0.4, -0.2) is 25.6 Å². The minimum Gasteiger partial charge on any atom is -0.491 e. The molecule has 0 aliphatic heterocycles. The van der Waals surface area contributed by atoms with Gasteiger partial charge in [0, 0.05) is 12.5 Å². The van der Waals surface area contributed by atoms with Gasteiger partial charge in [0.1, 0.15) is 0 Å². The molecular weight excluding hydrogens is 231 g/mol. The molecule has 0 fully saturated rings. The summed E-state index contributed by atoms with van der Waals surface area (Å²) < 4.78 is 18.9. The summed E-state index contributed by atoms with van der Waals surface area (Å²) in [6.45, 7) is 2.27. The van der Waals surface area contributed by atoms with E-state index < -0.39 is 0 Å². The lowest BCUT2D eigenvalue weighted by Gasteiger charge is -2.24. The van der Waals surface area contributed by atoms with Crippen molar-refractivity contribution in [3.8, 4) is 11.8 Å². The molecule has 0 aliphatic carbocycles. The van der Waals surface area contributed by atoms with Gasteiger partial charge < -0.3 is 9.64 Å². The Morgan fingerprint density at radius 2 is 2.17 bits per heavy atom. The van der Waals surface area contributed by atoms with Gasteiger partial charge in [-0.3, -0.25) is 0 Å². The highest BCUT2D eigenvalue weighted by atomic mass is 19.1. The highest BCUT2D eigenvalue weighted by Gasteiger charge is 2.15. The van der Waals surface area contributed by atoms with Gasteiger partial charge in [-0.05, 0) is 45.1 Å². The van der Waals surface area contributed by atoms with Crippen LogP contribution in [0.5, 0.6) is 5.75 Å². The lowest BCUT2D eigenvalue weighted by molar-refractivity contribution is 0.283. The Labute approximate surface area is 108 Å². The maximum absolute atomic E-state index is 13.8. The van der Waals surface area contributed by atoms with Crippen molar-refractivity contribution in [3.05, 3.63) is 29.6 Å². The van der Waals surface area contributed by atoms with Gasteiger partial charge in [-0.2, -0.15) is 5.26 Å². The minimum atomic E-state index is -0.349. The summed E-state index contributed by atoms with van der Waals surface area (Å²) in [4.78, 5) is 1.99. The van der Waals surface area contributed by atoms with Crippen molar-refractivity contribution in [2.24, 2.45) is 0 Å². The molecule has 0 bridgehead atoms. The van der Waals surface area contributed by atoms with E-state index in [1.54, 1.807) is 6.07 Å². The minimum absolute atomic E-state index is 0.0508. The second-order valence-corrected chi connectivity index (χ2v) is 4.30. The van der Waals surface area contributed by atoms with Crippen molar-refractivity contribution in [2.75, 3.05) is 20.7 Å². The van der Waals surface area contributed by atoms with Crippen LogP contribution in [0.2, 0.25) is 0 Å². The zero-order valence-electron chi connectivity index (χ0n) is 11.1. The van der Waals surface area contributed by atoms with E-state index in [-0.39, 0.29) is 17.6 Å². The van der Waals surface area contributed by atoms with Gasteiger partial charge in [0.2, 0.25) is 0 Å². The maximum atomic E-state index is 13.8. The average molecular weight is 250 g/mol. The van der Waals surface area contributed by atoms with Gasteiger partial charge in [0.15, 0.2) is 11.6 Å². The molecule has 1 aromatic rings. The van der Waals surface area contributed by atoms with Crippen LogP contribution in [0.25, 0.3) is 0 Å². The fraction of sp³-hybridized carbons (Fsp3) is 0.500. The molecule has 0 amide bonds. The summed E-state index contributed by atoms with van der Waals surface area (Å²) in [6.07, 6.45) is 1.15. The van der Waals surface area contributed by atoms with Crippen LogP contribution in [0.1, 0.15) is 31.4 Å². The number of nitrogens with zero attached hydrogens (tertiary/aromatic N) is 2. The molecule has 0 N–H and O–H groups in total. The van der Waals surface area contributed by atoms with E-state index in [9.17, 15) is 4.39 Å². The third-order valence-electron chi connectivity index (χ3n) is 2.79. The van der Waals surface area contributed by atoms with E-state index in [0.29, 0.717) is 19.4 Å². The average Bonchev–Trinajstić information content (AvgIpc) is 2.32. The fourth-order valence-corrected chi connectivity index (χ4v) is 1.92. The molecule has 1 atom stereocenters. The molecule has 0 saturated carbocycles. The van der Waals surface area contributed by atoms with Gasteiger partial charge in [-0.15, -0.1) is 0 Å². The Balaban J connectivity index is 2.92. The number of nitriles is 1. The first-order chi connectivity index (χ1) is 8.60. The number of hydrogen-bond donors (Lipinski definition) is 0. The predicted molar refractivity (Wildman–Crippen MR) is 68.8 cm³/mol. The highest BCUT2D eigenvalue weighted by Crippen LogP contribution is 2.27. The lowest BCUT2D eigenvalue weighted by atomic mass is 10.0. The Bertz CT molecular complexity index is 426. The van der Waals surface area contributed by atoms with Crippen molar-refractivity contribution < 1.29 is 9.13 Å². The lowest BCUT2D eigenvalue weighted by Crippen LogP contribution is -2.20. The summed E-state index contributed by atoms with van der Waals surface area (Å²) in [5.74, 6) is -0.0720. The summed E-state index contributed by atoms with van der Waals surface area (Å²) >= 11 is 0. The van der Waals surface area contributed by atoms with E-state index in [1.165, 1.54) is 6.07 Å². The zero-order chi connectivity index (χ0) is 13.5. The number of hydrogen-bond acceptors (Lipinski definition) is 3. The zero-order valence-corrected chi connectivity index (χ0v) is 11.1. The summed E-state index contributed by atoms with van der Waals surface area (Å²) in [7, 11) is 3.85. The molecule has 1 rings (SSSR count). The largest absolute Gasteiger partial charge is 0.491 e. The van der Waals surface area contributed by atoms with Crippen molar-refractivity contribution >= 4 is 0 Å². The second kappa shape index (κ2) is 6.97. The first-order valence-electron chi connectivity index (χ1n) is 6.05. The number of ether oxygens (including phenoxy) is 1. The third-order valence-corrected chi connectivity index (χ3v) is 2.79. The number of halogens is 1. The third kappa shape index (κ3) is 3.71. The van der Waals surface area contributed by atoms with Crippen LogP contribution in [0.4, 0.5) is 4.39 Å². The predicted octanol–water partition coefficient (Wildman–Crippen LogP) is 3.13. The maximum Gasteiger partial charge on any atom is 0.165 e. The van der Waals surface area contributed by atoms with Crippen LogP contribution in [-0.2, 0) is 0 Å². The van der Waals surface area contributed by atoms with E-state index in [4.69, 9.17) is 10.00 Å². The molecule has 1 aromatic carbocycles. The quantitative estimate of drug-likeness (QED) is 0.778. The molecule has 1 unspecified atom stereocenters. The normalized spacial score (nSPS) is 12.2. The van der Waals surface area contributed by atoms with Crippen LogP contribution in [0.15, 0.2) is 18.2 Å². The Kier molecular flexibility index (Phi) is 5.60. The fourth-order valence-electron chi connectivity index (χ4n) is 1.92. The van der Waals surface area contributed by atoms with Gasteiger partial charge in [0.25, 0.3) is 0 Å². The Morgan fingerprint density at radius 3 is 2.67 bits per heavy atom. The monoisotopic (exact) mass is 250 g/mol. The Morgan fingerprint density at radius 1 is 1.44 bits per heavy atom. The molecule has 0 radical (unpaired) electrons. The van der Waals surface area contributed by atoms with Crippen LogP contribution in [0.3, 0.4) is 0 Å². The smallest absolute Gasteiger partial charge is 0.165 e. The van der Waals surface area contributed by atoms with Crippen LogP contribution >= 0.6 is 0 Å². The van der Waals surface area contributed by atoms with Crippen molar-refractivity contribution in [1.82, 2.24) is 4.90 Å². The molecule has 4 heteroatoms. The second-order valence-electron chi connectivity index (χ2n) is 4.30. The van der Waals surface area contributed by atoms with E-state index >= 15 is 0 Å². The van der Waals surface area contributed by atoms with Gasteiger partial charge >= 0.3 is 0 Å². The van der Waals surface area contributed by atoms with Gasteiger partial charge in [-0.1, -0.05) is 6.07 Å². The van der Waals surface area contributed by atoms with E-state index in [0.717, 1.165) is 5.56 Å². The van der Waals surface area contributed by atoms with Gasteiger partial charge in [-0.25, -0.2) is 4.39 Å². The topological polar surface area (TPSA) is 36.3 Å². The molecule has 0 aliphatic rings. The van der Waals surface area contributed by atoms with Gasteiger partial charge in [0.05, 0.1) is 12.7 Å². The highest BCUT2D eigenvalue weighted by molar-refractivity contribution is 5.31. The number of rotatable bonds is 6. The van der Waals surface area contributed by atoms with Crippen molar-refractivity contribution in [2.45, 2.75) is 25.8 Å². The molecule has 0 saturated heterocycles. The van der Waals surface area contributed by atoms with Crippen molar-refractivity contribution in [1.29, 1.82) is 5.26 Å².